The maximum Gasteiger partial charge on any atom is 0.305 e. The predicted octanol–water partition coefficient (Wildman–Crippen LogP) is -3.78. The van der Waals surface area contributed by atoms with E-state index >= 15 is 0 Å². The molecule has 0 N–H and O–H groups in total. The molecular weight excluding hydrogens is 391 g/mol. The lowest BCUT2D eigenvalue weighted by atomic mass is 10.1. The molecule has 27 heavy (non-hydrogen) atoms. The maximum atomic E-state index is 11.6. The summed E-state index contributed by atoms with van der Waals surface area (Å²) in [5, 5.41) is 0. The van der Waals surface area contributed by atoms with Gasteiger partial charge in [-0.15, -0.1) is 0 Å². The van der Waals surface area contributed by atoms with Gasteiger partial charge in [0.25, 0.3) is 0 Å². The first-order valence-electron chi connectivity index (χ1n) is 9.42. The molecule has 6 nitrogen and oxygen atoms in total. The maximum absolute atomic E-state index is 11.6. The number of esters is 2. The van der Waals surface area contributed by atoms with Crippen LogP contribution in [-0.4, -0.2) is 89.5 Å². The van der Waals surface area contributed by atoms with E-state index in [-0.39, 0.29) is 36.8 Å². The van der Waals surface area contributed by atoms with E-state index in [1.165, 1.54) is 0 Å². The third kappa shape index (κ3) is 25.4. The van der Waals surface area contributed by atoms with Crippen molar-refractivity contribution in [3.63, 3.8) is 0 Å². The third-order valence-corrected chi connectivity index (χ3v) is 3.81. The summed E-state index contributed by atoms with van der Waals surface area (Å²) in [5.74, 6) is -0.205. The van der Waals surface area contributed by atoms with Gasteiger partial charge < -0.3 is 43.3 Å². The van der Waals surface area contributed by atoms with Gasteiger partial charge in [0, 0.05) is 12.8 Å². The minimum absolute atomic E-state index is 0. The second-order valence-corrected chi connectivity index (χ2v) is 8.74. The highest BCUT2D eigenvalue weighted by Crippen LogP contribution is 2.08. The van der Waals surface area contributed by atoms with Crippen LogP contribution in [-0.2, 0) is 19.1 Å². The van der Waals surface area contributed by atoms with Crippen LogP contribution in [0.25, 0.3) is 0 Å². The summed E-state index contributed by atoms with van der Waals surface area (Å²) in [5.41, 5.74) is 0. The molecule has 8 heteroatoms. The largest absolute Gasteiger partial charge is 1.00 e. The van der Waals surface area contributed by atoms with Crippen LogP contribution in [0.3, 0.4) is 0 Å². The molecule has 0 aliphatic rings. The van der Waals surface area contributed by atoms with Crippen molar-refractivity contribution < 1.29 is 52.8 Å². The summed E-state index contributed by atoms with van der Waals surface area (Å²) in [6, 6.07) is 0. The molecule has 0 fully saturated rings. The van der Waals surface area contributed by atoms with Crippen molar-refractivity contribution >= 4 is 11.9 Å². The molecule has 0 aromatic rings. The van der Waals surface area contributed by atoms with Gasteiger partial charge in [-0.2, -0.15) is 0 Å². The molecule has 0 saturated heterocycles. The Labute approximate surface area is 178 Å². The molecule has 0 heterocycles. The topological polar surface area (TPSA) is 52.6 Å². The highest BCUT2D eigenvalue weighted by atomic mass is 35.5. The molecule has 0 saturated carbocycles. The second-order valence-electron chi connectivity index (χ2n) is 8.74. The van der Waals surface area contributed by atoms with Gasteiger partial charge >= 0.3 is 11.9 Å². The van der Waals surface area contributed by atoms with Crippen LogP contribution < -0.4 is 24.8 Å². The Kier molecular flexibility index (Phi) is 18.9. The van der Waals surface area contributed by atoms with Crippen LogP contribution in [0.2, 0.25) is 0 Å². The Bertz CT molecular complexity index is 358. The lowest BCUT2D eigenvalue weighted by Gasteiger charge is -2.23. The van der Waals surface area contributed by atoms with Gasteiger partial charge in [-0.05, 0) is 12.8 Å². The fraction of sp³-hybridized carbons (Fsp3) is 0.895. The van der Waals surface area contributed by atoms with Crippen LogP contribution in [0.15, 0.2) is 0 Å². The fourth-order valence-corrected chi connectivity index (χ4v) is 2.08. The van der Waals surface area contributed by atoms with E-state index in [0.717, 1.165) is 54.2 Å². The summed E-state index contributed by atoms with van der Waals surface area (Å²) in [6.07, 6.45) is 5.74. The normalized spacial score (nSPS) is 11.2. The zero-order valence-corrected chi connectivity index (χ0v) is 19.6. The molecule has 164 valence electrons. The number of rotatable bonds is 14. The van der Waals surface area contributed by atoms with Crippen molar-refractivity contribution in [3.05, 3.63) is 0 Å². The van der Waals surface area contributed by atoms with Crippen LogP contribution in [0.4, 0.5) is 0 Å². The molecule has 0 unspecified atom stereocenters. The minimum atomic E-state index is -0.103. The van der Waals surface area contributed by atoms with E-state index in [9.17, 15) is 9.59 Å². The molecule has 0 amide bonds. The molecule has 0 bridgehead atoms. The van der Waals surface area contributed by atoms with Crippen LogP contribution in [0.5, 0.6) is 0 Å². The number of quaternary nitrogens is 2. The van der Waals surface area contributed by atoms with Crippen LogP contribution in [0, 0.1) is 0 Å². The highest BCUT2D eigenvalue weighted by molar-refractivity contribution is 5.69. The van der Waals surface area contributed by atoms with Crippen molar-refractivity contribution in [1.82, 2.24) is 0 Å². The smallest absolute Gasteiger partial charge is 0.305 e. The predicted molar refractivity (Wildman–Crippen MR) is 100 cm³/mol. The number of ether oxygens (including phenoxy) is 2. The number of unbranched alkanes of at least 4 members (excludes halogenated alkanes) is 4. The first-order chi connectivity index (χ1) is 11.5. The van der Waals surface area contributed by atoms with Crippen molar-refractivity contribution in [2.75, 3.05) is 68.6 Å². The quantitative estimate of drug-likeness (QED) is 0.161. The van der Waals surface area contributed by atoms with Gasteiger partial charge in [-0.1, -0.05) is 19.3 Å². The zero-order valence-electron chi connectivity index (χ0n) is 18.1. The van der Waals surface area contributed by atoms with Gasteiger partial charge in [0.05, 0.1) is 42.3 Å². The lowest BCUT2D eigenvalue weighted by molar-refractivity contribution is -0.870. The summed E-state index contributed by atoms with van der Waals surface area (Å²) < 4.78 is 12.0. The molecule has 0 atom stereocenters. The lowest BCUT2D eigenvalue weighted by Crippen LogP contribution is -3.00. The van der Waals surface area contributed by atoms with E-state index in [0.29, 0.717) is 26.1 Å². The van der Waals surface area contributed by atoms with Crippen molar-refractivity contribution in [2.45, 2.75) is 44.9 Å². The Balaban J connectivity index is -0.00000288. The molecular formula is C19H40Cl2N2O4. The van der Waals surface area contributed by atoms with Crippen LogP contribution >= 0.6 is 0 Å². The molecule has 0 rings (SSSR count). The molecule has 0 aliphatic heterocycles. The zero-order chi connectivity index (χ0) is 19.3. The monoisotopic (exact) mass is 430 g/mol. The number of carbonyl (C=O) groups is 2. The molecule has 0 spiro atoms. The molecule has 0 aromatic heterocycles. The van der Waals surface area contributed by atoms with Crippen LogP contribution in [0.1, 0.15) is 44.9 Å². The third-order valence-electron chi connectivity index (χ3n) is 3.81. The Morgan fingerprint density at radius 2 is 0.889 bits per heavy atom. The van der Waals surface area contributed by atoms with Gasteiger partial charge in [-0.25, -0.2) is 0 Å². The summed E-state index contributed by atoms with van der Waals surface area (Å²) in [6.45, 7) is 2.63. The number of hydrogen-bond acceptors (Lipinski definition) is 4. The minimum Gasteiger partial charge on any atom is -1.00 e. The first kappa shape index (κ1) is 31.1. The number of hydrogen-bond donors (Lipinski definition) is 0. The van der Waals surface area contributed by atoms with E-state index in [1.54, 1.807) is 0 Å². The van der Waals surface area contributed by atoms with E-state index in [4.69, 9.17) is 9.47 Å². The fourth-order valence-electron chi connectivity index (χ4n) is 2.08. The van der Waals surface area contributed by atoms with Gasteiger partial charge in [0.1, 0.15) is 26.3 Å². The molecule has 0 radical (unpaired) electrons. The summed E-state index contributed by atoms with van der Waals surface area (Å²) in [7, 11) is 12.5. The van der Waals surface area contributed by atoms with E-state index in [1.807, 2.05) is 0 Å². The molecule has 0 aliphatic carbocycles. The number of likely N-dealkylation sites (N-methyl/N-ethyl adjacent to an activating group) is 2. The van der Waals surface area contributed by atoms with E-state index < -0.39 is 0 Å². The SMILES string of the molecule is C[N+](C)(C)CCOC(=O)CCCCCCCC(=O)OCC[N+](C)(C)C.[Cl-].[Cl-]. The van der Waals surface area contributed by atoms with Crippen molar-refractivity contribution in [3.8, 4) is 0 Å². The Morgan fingerprint density at radius 1 is 0.593 bits per heavy atom. The van der Waals surface area contributed by atoms with Gasteiger partial charge in [0.15, 0.2) is 0 Å². The number of halogens is 2. The highest BCUT2D eigenvalue weighted by Gasteiger charge is 2.10. The average Bonchev–Trinajstić information content (AvgIpc) is 2.43. The summed E-state index contributed by atoms with van der Waals surface area (Å²) in [4.78, 5) is 23.2. The summed E-state index contributed by atoms with van der Waals surface area (Å²) >= 11 is 0. The Morgan fingerprint density at radius 3 is 1.19 bits per heavy atom. The van der Waals surface area contributed by atoms with E-state index in [2.05, 4.69) is 42.3 Å². The van der Waals surface area contributed by atoms with Gasteiger partial charge in [-0.3, -0.25) is 9.59 Å². The van der Waals surface area contributed by atoms with Crippen molar-refractivity contribution in [1.29, 1.82) is 0 Å². The Hall–Kier alpha value is -0.560. The standard InChI is InChI=1S/C19H40N2O4.2ClH/c1-20(2,3)14-16-24-18(22)12-10-8-7-9-11-13-19(23)25-17-15-21(4,5)6;;/h7-17H2,1-6H3;2*1H/q+2;;/p-2. The van der Waals surface area contributed by atoms with Gasteiger partial charge in [0.2, 0.25) is 0 Å². The average molecular weight is 431 g/mol. The van der Waals surface area contributed by atoms with Crippen molar-refractivity contribution in [2.24, 2.45) is 0 Å². The first-order valence-corrected chi connectivity index (χ1v) is 9.42. The number of nitrogens with zero attached hydrogens (tertiary/aromatic N) is 2. The second kappa shape index (κ2) is 16.4. The number of carbonyl (C=O) groups excluding carboxylic acids is 2. The molecule has 0 aromatic carbocycles.